The van der Waals surface area contributed by atoms with Gasteiger partial charge in [0.2, 0.25) is 15.9 Å². The zero-order chi connectivity index (χ0) is 15.4. The van der Waals surface area contributed by atoms with E-state index in [0.29, 0.717) is 5.69 Å². The highest BCUT2D eigenvalue weighted by Crippen LogP contribution is 2.14. The number of nitrogens with one attached hydrogen (secondary N) is 2. The lowest BCUT2D eigenvalue weighted by Gasteiger charge is -2.19. The predicted octanol–water partition coefficient (Wildman–Crippen LogP) is 1.35. The van der Waals surface area contributed by atoms with Gasteiger partial charge in [0.15, 0.2) is 0 Å². The first-order valence-corrected chi connectivity index (χ1v) is 7.60. The molecule has 6 nitrogen and oxygen atoms in total. The molecule has 0 saturated carbocycles. The molecule has 1 rings (SSSR count). The van der Waals surface area contributed by atoms with Gasteiger partial charge in [-0.1, -0.05) is 0 Å². The second kappa shape index (κ2) is 6.34. The Morgan fingerprint density at radius 3 is 2.20 bits per heavy atom. The van der Waals surface area contributed by atoms with Crippen molar-refractivity contribution in [3.63, 3.8) is 0 Å². The van der Waals surface area contributed by atoms with Crippen molar-refractivity contribution in [2.75, 3.05) is 19.0 Å². The van der Waals surface area contributed by atoms with Crippen molar-refractivity contribution < 1.29 is 17.9 Å². The van der Waals surface area contributed by atoms with Crippen LogP contribution in [0, 0.1) is 0 Å². The summed E-state index contributed by atoms with van der Waals surface area (Å²) in [4.78, 5) is 11.8. The molecule has 1 amide bonds. The Kier molecular flexibility index (Phi) is 5.27. The zero-order valence-electron chi connectivity index (χ0n) is 12.1. The second-order valence-electron chi connectivity index (χ2n) is 5.18. The lowest BCUT2D eigenvalue weighted by Crippen LogP contribution is -2.27. The maximum absolute atomic E-state index is 11.6. The Hall–Kier alpha value is -1.44. The molecule has 0 aliphatic carbocycles. The fourth-order valence-corrected chi connectivity index (χ4v) is 2.04. The Morgan fingerprint density at radius 2 is 1.75 bits per heavy atom. The van der Waals surface area contributed by atoms with Crippen LogP contribution in [0.15, 0.2) is 29.2 Å². The Morgan fingerprint density at radius 1 is 1.20 bits per heavy atom. The molecule has 0 aromatic heterocycles. The van der Waals surface area contributed by atoms with Crippen molar-refractivity contribution >= 4 is 21.6 Å². The number of carbonyl (C=O) groups is 1. The molecular weight excluding hydrogens is 280 g/mol. The zero-order valence-corrected chi connectivity index (χ0v) is 12.9. The molecule has 0 unspecified atom stereocenters. The quantitative estimate of drug-likeness (QED) is 0.859. The van der Waals surface area contributed by atoms with Gasteiger partial charge in [-0.3, -0.25) is 4.79 Å². The van der Waals surface area contributed by atoms with E-state index >= 15 is 0 Å². The number of hydrogen-bond acceptors (Lipinski definition) is 4. The lowest BCUT2D eigenvalue weighted by molar-refractivity contribution is -0.125. The third-order valence-corrected chi connectivity index (χ3v) is 3.78. The molecule has 0 aliphatic rings. The van der Waals surface area contributed by atoms with E-state index in [1.807, 2.05) is 20.8 Å². The maximum Gasteiger partial charge on any atom is 0.250 e. The molecule has 2 N–H and O–H groups in total. The maximum atomic E-state index is 11.6. The molecule has 0 aliphatic heterocycles. The number of sulfonamides is 1. The van der Waals surface area contributed by atoms with Crippen molar-refractivity contribution in [3.8, 4) is 0 Å². The van der Waals surface area contributed by atoms with E-state index in [2.05, 4.69) is 10.0 Å². The molecule has 0 radical (unpaired) electrons. The van der Waals surface area contributed by atoms with Crippen molar-refractivity contribution in [2.24, 2.45) is 0 Å². The first-order valence-electron chi connectivity index (χ1n) is 6.11. The van der Waals surface area contributed by atoms with Crippen molar-refractivity contribution in [1.82, 2.24) is 4.72 Å². The molecule has 0 saturated heterocycles. The molecule has 1 aromatic rings. The fraction of sp³-hybridized carbons (Fsp3) is 0.462. The number of benzene rings is 1. The highest BCUT2D eigenvalue weighted by atomic mass is 32.2. The highest BCUT2D eigenvalue weighted by Gasteiger charge is 2.14. The molecule has 7 heteroatoms. The van der Waals surface area contributed by atoms with Gasteiger partial charge < -0.3 is 10.1 Å². The van der Waals surface area contributed by atoms with Gasteiger partial charge in [0.25, 0.3) is 0 Å². The van der Waals surface area contributed by atoms with Crippen molar-refractivity contribution in [3.05, 3.63) is 24.3 Å². The topological polar surface area (TPSA) is 84.5 Å². The minimum absolute atomic E-state index is 0.0555. The average molecular weight is 300 g/mol. The number of ether oxygens (including phenoxy) is 1. The SMILES string of the molecule is CNS(=O)(=O)c1ccc(NC(=O)COC(C)(C)C)cc1. The predicted molar refractivity (Wildman–Crippen MR) is 77.0 cm³/mol. The summed E-state index contributed by atoms with van der Waals surface area (Å²) in [6.07, 6.45) is 0. The summed E-state index contributed by atoms with van der Waals surface area (Å²) in [5.41, 5.74) is 0.129. The van der Waals surface area contributed by atoms with E-state index in [1.165, 1.54) is 31.3 Å². The van der Waals surface area contributed by atoms with E-state index in [0.717, 1.165) is 0 Å². The highest BCUT2D eigenvalue weighted by molar-refractivity contribution is 7.89. The van der Waals surface area contributed by atoms with Crippen LogP contribution in [-0.4, -0.2) is 33.6 Å². The Labute approximate surface area is 119 Å². The normalized spacial score (nSPS) is 12.2. The van der Waals surface area contributed by atoms with Crippen LogP contribution in [0.25, 0.3) is 0 Å². The number of anilines is 1. The van der Waals surface area contributed by atoms with E-state index in [1.54, 1.807) is 0 Å². The number of rotatable bonds is 5. The summed E-state index contributed by atoms with van der Waals surface area (Å²) in [6.45, 7) is 5.52. The third-order valence-electron chi connectivity index (χ3n) is 2.35. The largest absolute Gasteiger partial charge is 0.366 e. The van der Waals surface area contributed by atoms with Crippen molar-refractivity contribution in [2.45, 2.75) is 31.3 Å². The molecule has 0 atom stereocenters. The van der Waals surface area contributed by atoms with Gasteiger partial charge in [-0.05, 0) is 52.1 Å². The molecule has 20 heavy (non-hydrogen) atoms. The summed E-state index contributed by atoms with van der Waals surface area (Å²) < 4.78 is 30.6. The number of carbonyl (C=O) groups excluding carboxylic acids is 1. The number of amides is 1. The third kappa shape index (κ3) is 5.28. The molecule has 0 fully saturated rings. The monoisotopic (exact) mass is 300 g/mol. The molecule has 0 heterocycles. The summed E-state index contributed by atoms with van der Waals surface area (Å²) >= 11 is 0. The van der Waals surface area contributed by atoms with Crippen LogP contribution in [0.3, 0.4) is 0 Å². The summed E-state index contributed by atoms with van der Waals surface area (Å²) in [6, 6.07) is 5.90. The van der Waals surface area contributed by atoms with E-state index in [4.69, 9.17) is 4.74 Å². The summed E-state index contributed by atoms with van der Waals surface area (Å²) in [5, 5.41) is 2.63. The summed E-state index contributed by atoms with van der Waals surface area (Å²) in [7, 11) is -2.12. The van der Waals surface area contributed by atoms with Crippen LogP contribution in [-0.2, 0) is 19.6 Å². The number of hydrogen-bond donors (Lipinski definition) is 2. The van der Waals surface area contributed by atoms with Gasteiger partial charge in [-0.25, -0.2) is 13.1 Å². The van der Waals surface area contributed by atoms with Gasteiger partial charge in [-0.15, -0.1) is 0 Å². The van der Waals surface area contributed by atoms with Crippen LogP contribution in [0.2, 0.25) is 0 Å². The van der Waals surface area contributed by atoms with Crippen LogP contribution in [0.5, 0.6) is 0 Å². The van der Waals surface area contributed by atoms with Gasteiger partial charge in [0.1, 0.15) is 6.61 Å². The Bertz CT molecular complexity index is 559. The van der Waals surface area contributed by atoms with E-state index < -0.39 is 10.0 Å². The average Bonchev–Trinajstić information content (AvgIpc) is 2.36. The molecule has 0 bridgehead atoms. The minimum Gasteiger partial charge on any atom is -0.366 e. The van der Waals surface area contributed by atoms with Crippen LogP contribution in [0.1, 0.15) is 20.8 Å². The molecule has 1 aromatic carbocycles. The second-order valence-corrected chi connectivity index (χ2v) is 7.07. The van der Waals surface area contributed by atoms with E-state index in [-0.39, 0.29) is 23.0 Å². The molecular formula is C13H20N2O4S. The molecule has 112 valence electrons. The standard InChI is InChI=1S/C13H20N2O4S/c1-13(2,3)19-9-12(16)15-10-5-7-11(8-6-10)20(17,18)14-4/h5-8,14H,9H2,1-4H3,(H,15,16). The minimum atomic E-state index is -3.46. The summed E-state index contributed by atoms with van der Waals surface area (Å²) in [5.74, 6) is -0.288. The molecule has 0 spiro atoms. The van der Waals surface area contributed by atoms with E-state index in [9.17, 15) is 13.2 Å². The van der Waals surface area contributed by atoms with Crippen molar-refractivity contribution in [1.29, 1.82) is 0 Å². The van der Waals surface area contributed by atoms with Crippen LogP contribution < -0.4 is 10.0 Å². The Balaban J connectivity index is 2.65. The fourth-order valence-electron chi connectivity index (χ4n) is 1.31. The lowest BCUT2D eigenvalue weighted by atomic mass is 10.2. The van der Waals surface area contributed by atoms with Gasteiger partial charge in [0.05, 0.1) is 10.5 Å². The van der Waals surface area contributed by atoms with Gasteiger partial charge in [0, 0.05) is 5.69 Å². The van der Waals surface area contributed by atoms with Crippen LogP contribution in [0.4, 0.5) is 5.69 Å². The van der Waals surface area contributed by atoms with Gasteiger partial charge in [-0.2, -0.15) is 0 Å². The van der Waals surface area contributed by atoms with Crippen LogP contribution >= 0.6 is 0 Å². The first-order chi connectivity index (χ1) is 9.14. The van der Waals surface area contributed by atoms with Gasteiger partial charge >= 0.3 is 0 Å². The first kappa shape index (κ1) is 16.6. The smallest absolute Gasteiger partial charge is 0.250 e.